The van der Waals surface area contributed by atoms with E-state index in [1.807, 2.05) is 11.4 Å². The predicted molar refractivity (Wildman–Crippen MR) is 100 cm³/mol. The topological polar surface area (TPSA) is 88.2 Å². The number of piperidine rings is 1. The number of H-pyrrole nitrogens is 1. The minimum absolute atomic E-state index is 0.00797. The van der Waals surface area contributed by atoms with Crippen LogP contribution in [-0.2, 0) is 20.7 Å². The molecule has 0 aliphatic carbocycles. The maximum absolute atomic E-state index is 12.4. The van der Waals surface area contributed by atoms with Gasteiger partial charge < -0.3 is 9.64 Å². The average Bonchev–Trinajstić information content (AvgIpc) is 3.32. The Kier molecular flexibility index (Phi) is 6.67. The van der Waals surface area contributed by atoms with E-state index in [-0.39, 0.29) is 23.5 Å². The zero-order valence-corrected chi connectivity index (χ0v) is 16.3. The van der Waals surface area contributed by atoms with Crippen LogP contribution in [0.5, 0.6) is 0 Å². The van der Waals surface area contributed by atoms with Gasteiger partial charge in [0, 0.05) is 24.4 Å². The average molecular weight is 395 g/mol. The molecule has 2 aromatic heterocycles. The molecule has 1 atom stereocenters. The van der Waals surface area contributed by atoms with Crippen LogP contribution in [0.15, 0.2) is 22.7 Å². The van der Waals surface area contributed by atoms with Crippen molar-refractivity contribution in [1.29, 1.82) is 0 Å². The van der Waals surface area contributed by atoms with Gasteiger partial charge in [0.05, 0.1) is 18.3 Å². The Labute approximate surface area is 160 Å². The zero-order valence-electron chi connectivity index (χ0n) is 14.6. The van der Waals surface area contributed by atoms with Crippen LogP contribution < -0.4 is 0 Å². The number of thiophene rings is 1. The summed E-state index contributed by atoms with van der Waals surface area (Å²) in [5.74, 6) is 0.658. The van der Waals surface area contributed by atoms with E-state index in [9.17, 15) is 9.59 Å². The van der Waals surface area contributed by atoms with E-state index in [0.29, 0.717) is 31.3 Å². The van der Waals surface area contributed by atoms with Crippen molar-refractivity contribution in [2.75, 3.05) is 25.4 Å². The first-order valence-electron chi connectivity index (χ1n) is 8.66. The van der Waals surface area contributed by atoms with E-state index >= 15 is 0 Å². The zero-order chi connectivity index (χ0) is 18.4. The van der Waals surface area contributed by atoms with Crippen LogP contribution in [0.3, 0.4) is 0 Å². The van der Waals surface area contributed by atoms with Gasteiger partial charge in [-0.25, -0.2) is 4.98 Å². The number of aromatic amines is 1. The highest BCUT2D eigenvalue weighted by atomic mass is 32.2. The summed E-state index contributed by atoms with van der Waals surface area (Å²) in [5, 5.41) is 9.69. The Morgan fingerprint density at radius 2 is 2.38 bits per heavy atom. The van der Waals surface area contributed by atoms with Crippen LogP contribution in [0.1, 0.15) is 30.5 Å². The van der Waals surface area contributed by atoms with Crippen molar-refractivity contribution in [3.05, 3.63) is 28.2 Å². The molecule has 26 heavy (non-hydrogen) atoms. The second kappa shape index (κ2) is 9.18. The maximum Gasteiger partial charge on any atom is 0.310 e. The van der Waals surface area contributed by atoms with Crippen molar-refractivity contribution in [2.24, 2.45) is 5.92 Å². The van der Waals surface area contributed by atoms with Crippen molar-refractivity contribution in [3.8, 4) is 0 Å². The van der Waals surface area contributed by atoms with Crippen molar-refractivity contribution < 1.29 is 14.3 Å². The summed E-state index contributed by atoms with van der Waals surface area (Å²) in [6.07, 6.45) is 2.32. The van der Waals surface area contributed by atoms with Crippen LogP contribution in [0.25, 0.3) is 0 Å². The first kappa shape index (κ1) is 18.9. The molecular weight excluding hydrogens is 372 g/mol. The van der Waals surface area contributed by atoms with Gasteiger partial charge in [-0.05, 0) is 31.2 Å². The van der Waals surface area contributed by atoms with Crippen molar-refractivity contribution in [1.82, 2.24) is 20.1 Å². The Bertz CT molecular complexity index is 732. The number of esters is 1. The van der Waals surface area contributed by atoms with Gasteiger partial charge in [0.1, 0.15) is 5.82 Å². The summed E-state index contributed by atoms with van der Waals surface area (Å²) in [6.45, 7) is 3.30. The molecule has 1 fully saturated rings. The highest BCUT2D eigenvalue weighted by molar-refractivity contribution is 7.99. The lowest BCUT2D eigenvalue weighted by Gasteiger charge is -2.31. The number of likely N-dealkylation sites (tertiary alicyclic amines) is 1. The second-order valence-corrected chi connectivity index (χ2v) is 8.02. The smallest absolute Gasteiger partial charge is 0.310 e. The molecule has 0 bridgehead atoms. The first-order valence-corrected chi connectivity index (χ1v) is 10.5. The van der Waals surface area contributed by atoms with Gasteiger partial charge in [0.25, 0.3) is 0 Å². The van der Waals surface area contributed by atoms with Crippen molar-refractivity contribution in [2.45, 2.75) is 31.3 Å². The fourth-order valence-corrected chi connectivity index (χ4v) is 4.30. The van der Waals surface area contributed by atoms with Gasteiger partial charge in [-0.3, -0.25) is 14.7 Å². The van der Waals surface area contributed by atoms with Crippen LogP contribution >= 0.6 is 23.1 Å². The number of thioether (sulfide) groups is 1. The molecule has 140 valence electrons. The number of hydrogen-bond acceptors (Lipinski definition) is 7. The third kappa shape index (κ3) is 5.07. The molecule has 9 heteroatoms. The van der Waals surface area contributed by atoms with Gasteiger partial charge in [-0.1, -0.05) is 17.8 Å². The third-order valence-electron chi connectivity index (χ3n) is 4.15. The molecule has 0 saturated carbocycles. The van der Waals surface area contributed by atoms with Gasteiger partial charge in [0.15, 0.2) is 0 Å². The molecule has 2 aromatic rings. The maximum atomic E-state index is 12.4. The van der Waals surface area contributed by atoms with E-state index in [1.54, 1.807) is 23.2 Å². The summed E-state index contributed by atoms with van der Waals surface area (Å²) in [4.78, 5) is 31.7. The summed E-state index contributed by atoms with van der Waals surface area (Å²) >= 11 is 2.99. The van der Waals surface area contributed by atoms with Crippen LogP contribution in [0.4, 0.5) is 0 Å². The monoisotopic (exact) mass is 394 g/mol. The molecule has 1 saturated heterocycles. The van der Waals surface area contributed by atoms with E-state index < -0.39 is 0 Å². The number of carbonyl (C=O) groups excluding carboxylic acids is 2. The highest BCUT2D eigenvalue weighted by Crippen LogP contribution is 2.21. The number of aromatic nitrogens is 3. The summed E-state index contributed by atoms with van der Waals surface area (Å²) in [6, 6.07) is 4.06. The standard InChI is InChI=1S/C17H22N4O3S2/c1-2-24-16(23)12-5-3-7-21(10-12)15(22)11-26-17-18-14(19-20-17)9-13-6-4-8-25-13/h4,6,8,12H,2-3,5,7,9-11H2,1H3,(H,18,19,20)/t12-/m1/s1. The van der Waals surface area contributed by atoms with Crippen LogP contribution in [0.2, 0.25) is 0 Å². The molecule has 1 N–H and O–H groups in total. The van der Waals surface area contributed by atoms with Gasteiger partial charge in [0.2, 0.25) is 11.1 Å². The molecule has 0 unspecified atom stereocenters. The summed E-state index contributed by atoms with van der Waals surface area (Å²) in [5.41, 5.74) is 0. The van der Waals surface area contributed by atoms with Crippen LogP contribution in [-0.4, -0.2) is 57.4 Å². The van der Waals surface area contributed by atoms with Gasteiger partial charge in [-0.2, -0.15) is 0 Å². The Hall–Kier alpha value is -1.87. The molecule has 0 aromatic carbocycles. The number of ether oxygens (including phenoxy) is 1. The number of nitrogens with one attached hydrogen (secondary N) is 1. The lowest BCUT2D eigenvalue weighted by Crippen LogP contribution is -2.43. The lowest BCUT2D eigenvalue weighted by atomic mass is 9.98. The van der Waals surface area contributed by atoms with Gasteiger partial charge in [-0.15, -0.1) is 16.4 Å². The highest BCUT2D eigenvalue weighted by Gasteiger charge is 2.29. The van der Waals surface area contributed by atoms with Gasteiger partial charge >= 0.3 is 5.97 Å². The number of rotatable bonds is 7. The summed E-state index contributed by atoms with van der Waals surface area (Å²) in [7, 11) is 0. The molecule has 0 radical (unpaired) electrons. The fraction of sp³-hybridized carbons (Fsp3) is 0.529. The van der Waals surface area contributed by atoms with E-state index in [2.05, 4.69) is 21.2 Å². The molecule has 0 spiro atoms. The molecule has 3 heterocycles. The molecule has 1 amide bonds. The SMILES string of the molecule is CCOC(=O)[C@@H]1CCCN(C(=O)CSc2n[nH]c(Cc3cccs3)n2)C1. The van der Waals surface area contributed by atoms with E-state index in [0.717, 1.165) is 18.7 Å². The first-order chi connectivity index (χ1) is 12.7. The van der Waals surface area contributed by atoms with Crippen molar-refractivity contribution >= 4 is 35.0 Å². The molecule has 7 nitrogen and oxygen atoms in total. The van der Waals surface area contributed by atoms with E-state index in [4.69, 9.17) is 4.74 Å². The lowest BCUT2D eigenvalue weighted by molar-refractivity contribution is -0.151. The molecule has 1 aliphatic rings. The minimum atomic E-state index is -0.210. The molecule has 3 rings (SSSR count). The minimum Gasteiger partial charge on any atom is -0.466 e. The van der Waals surface area contributed by atoms with E-state index in [1.165, 1.54) is 16.6 Å². The van der Waals surface area contributed by atoms with Crippen LogP contribution in [0, 0.1) is 5.92 Å². The second-order valence-electron chi connectivity index (χ2n) is 6.04. The number of carbonyl (C=O) groups is 2. The third-order valence-corrected chi connectivity index (χ3v) is 5.86. The Balaban J connectivity index is 1.47. The Morgan fingerprint density at radius 1 is 1.50 bits per heavy atom. The quantitative estimate of drug-likeness (QED) is 0.573. The molecular formula is C17H22N4O3S2. The predicted octanol–water partition coefficient (Wildman–Crippen LogP) is 2.35. The summed E-state index contributed by atoms with van der Waals surface area (Å²) < 4.78 is 5.08. The Morgan fingerprint density at radius 3 is 3.15 bits per heavy atom. The van der Waals surface area contributed by atoms with Crippen molar-refractivity contribution in [3.63, 3.8) is 0 Å². The number of nitrogens with zero attached hydrogens (tertiary/aromatic N) is 3. The number of amides is 1. The normalized spacial score (nSPS) is 17.3. The largest absolute Gasteiger partial charge is 0.466 e. The molecule has 1 aliphatic heterocycles. The fourth-order valence-electron chi connectivity index (χ4n) is 2.87. The number of hydrogen-bond donors (Lipinski definition) is 1.